The molecule has 0 aromatic rings. The minimum Gasteiger partial charge on any atom is -0.303 e. The highest BCUT2D eigenvalue weighted by atomic mass is 19.4. The Balaban J connectivity index is 3.72. The summed E-state index contributed by atoms with van der Waals surface area (Å²) in [5.41, 5.74) is 0. The summed E-state index contributed by atoms with van der Waals surface area (Å²) in [7, 11) is 0. The standard InChI is InChI=1S/C8H11F5O/c9-7(10,8(11,12)13)5-3-1-2-4-6-14/h6H,1-5H2. The smallest absolute Gasteiger partial charge is 0.303 e. The van der Waals surface area contributed by atoms with Crippen molar-refractivity contribution in [3.63, 3.8) is 0 Å². The van der Waals surface area contributed by atoms with Crippen molar-refractivity contribution in [2.24, 2.45) is 0 Å². The van der Waals surface area contributed by atoms with Gasteiger partial charge in [0.2, 0.25) is 0 Å². The first-order valence-corrected chi connectivity index (χ1v) is 4.19. The molecule has 0 rings (SSSR count). The summed E-state index contributed by atoms with van der Waals surface area (Å²) in [5, 5.41) is 0. The Bertz CT molecular complexity index is 175. The van der Waals surface area contributed by atoms with Crippen LogP contribution in [0.5, 0.6) is 0 Å². The first-order chi connectivity index (χ1) is 6.31. The molecule has 0 radical (unpaired) electrons. The molecule has 6 heteroatoms. The molecule has 0 saturated carbocycles. The van der Waals surface area contributed by atoms with Crippen molar-refractivity contribution in [1.82, 2.24) is 0 Å². The van der Waals surface area contributed by atoms with E-state index in [9.17, 15) is 26.7 Å². The van der Waals surface area contributed by atoms with Crippen molar-refractivity contribution in [3.05, 3.63) is 0 Å². The molecule has 0 unspecified atom stereocenters. The molecule has 0 heterocycles. The molecule has 0 aromatic carbocycles. The summed E-state index contributed by atoms with van der Waals surface area (Å²) in [6, 6.07) is 0. The molecule has 1 nitrogen and oxygen atoms in total. The van der Waals surface area contributed by atoms with E-state index in [-0.39, 0.29) is 19.3 Å². The first kappa shape index (κ1) is 13.3. The number of hydrogen-bond acceptors (Lipinski definition) is 1. The van der Waals surface area contributed by atoms with Gasteiger partial charge in [0.05, 0.1) is 0 Å². The molecular weight excluding hydrogens is 207 g/mol. The molecule has 14 heavy (non-hydrogen) atoms. The third kappa shape index (κ3) is 4.53. The zero-order chi connectivity index (χ0) is 11.2. The average Bonchev–Trinajstić information content (AvgIpc) is 2.02. The molecule has 0 bridgehead atoms. The number of alkyl halides is 5. The molecule has 0 fully saturated rings. The highest BCUT2D eigenvalue weighted by Crippen LogP contribution is 2.39. The van der Waals surface area contributed by atoms with Gasteiger partial charge in [-0.2, -0.15) is 22.0 Å². The van der Waals surface area contributed by atoms with Crippen molar-refractivity contribution in [2.45, 2.75) is 44.2 Å². The average molecular weight is 218 g/mol. The third-order valence-electron chi connectivity index (χ3n) is 1.73. The lowest BCUT2D eigenvalue weighted by Crippen LogP contribution is -2.36. The topological polar surface area (TPSA) is 17.1 Å². The van der Waals surface area contributed by atoms with Gasteiger partial charge in [-0.1, -0.05) is 6.42 Å². The predicted octanol–water partition coefficient (Wildman–Crippen LogP) is 3.33. The molecule has 0 spiro atoms. The van der Waals surface area contributed by atoms with Gasteiger partial charge in [0.25, 0.3) is 0 Å². The first-order valence-electron chi connectivity index (χ1n) is 4.19. The summed E-state index contributed by atoms with van der Waals surface area (Å²) in [4.78, 5) is 9.80. The van der Waals surface area contributed by atoms with Gasteiger partial charge in [-0.05, 0) is 12.8 Å². The minimum absolute atomic E-state index is 0.206. The number of rotatable bonds is 6. The van der Waals surface area contributed by atoms with E-state index >= 15 is 0 Å². The number of hydrogen-bond donors (Lipinski definition) is 0. The van der Waals surface area contributed by atoms with Crippen LogP contribution in [0.1, 0.15) is 32.1 Å². The summed E-state index contributed by atoms with van der Waals surface area (Å²) in [5.74, 6) is -4.60. The lowest BCUT2D eigenvalue weighted by Gasteiger charge is -2.18. The fourth-order valence-corrected chi connectivity index (χ4v) is 0.893. The zero-order valence-corrected chi connectivity index (χ0v) is 7.41. The van der Waals surface area contributed by atoms with Gasteiger partial charge in [-0.15, -0.1) is 0 Å². The van der Waals surface area contributed by atoms with Gasteiger partial charge in [-0.3, -0.25) is 0 Å². The Kier molecular flexibility index (Phi) is 5.01. The Morgan fingerprint density at radius 3 is 1.93 bits per heavy atom. The van der Waals surface area contributed by atoms with E-state index in [4.69, 9.17) is 0 Å². The zero-order valence-electron chi connectivity index (χ0n) is 7.41. The van der Waals surface area contributed by atoms with Crippen LogP contribution in [0.15, 0.2) is 0 Å². The maximum Gasteiger partial charge on any atom is 0.453 e. The summed E-state index contributed by atoms with van der Waals surface area (Å²) < 4.78 is 59.3. The van der Waals surface area contributed by atoms with Gasteiger partial charge < -0.3 is 4.79 Å². The Morgan fingerprint density at radius 1 is 0.929 bits per heavy atom. The van der Waals surface area contributed by atoms with E-state index in [2.05, 4.69) is 0 Å². The summed E-state index contributed by atoms with van der Waals surface area (Å²) in [6.07, 6.45) is -5.49. The second-order valence-electron chi connectivity index (χ2n) is 2.97. The third-order valence-corrected chi connectivity index (χ3v) is 1.73. The van der Waals surface area contributed by atoms with E-state index < -0.39 is 18.5 Å². The highest BCUT2D eigenvalue weighted by Gasteiger charge is 2.56. The second kappa shape index (κ2) is 5.26. The van der Waals surface area contributed by atoms with Crippen LogP contribution in [0.25, 0.3) is 0 Å². The molecule has 84 valence electrons. The largest absolute Gasteiger partial charge is 0.453 e. The van der Waals surface area contributed by atoms with E-state index in [1.54, 1.807) is 0 Å². The summed E-state index contributed by atoms with van der Waals surface area (Å²) >= 11 is 0. The van der Waals surface area contributed by atoms with Crippen molar-refractivity contribution in [1.29, 1.82) is 0 Å². The Morgan fingerprint density at radius 2 is 1.50 bits per heavy atom. The van der Waals surface area contributed by atoms with Crippen molar-refractivity contribution >= 4 is 6.29 Å². The maximum absolute atomic E-state index is 12.2. The van der Waals surface area contributed by atoms with Crippen LogP contribution in [0.2, 0.25) is 0 Å². The number of aldehydes is 1. The SMILES string of the molecule is O=CCCCCCC(F)(F)C(F)(F)F. The van der Waals surface area contributed by atoms with E-state index in [0.717, 1.165) is 0 Å². The minimum atomic E-state index is -5.46. The maximum atomic E-state index is 12.2. The van der Waals surface area contributed by atoms with Crippen LogP contribution in [0.4, 0.5) is 22.0 Å². The highest BCUT2D eigenvalue weighted by molar-refractivity contribution is 5.48. The molecule has 0 aromatic heterocycles. The molecule has 0 atom stereocenters. The van der Waals surface area contributed by atoms with Crippen LogP contribution in [0, 0.1) is 0 Å². The normalized spacial score (nSPS) is 12.9. The molecule has 0 aliphatic carbocycles. The van der Waals surface area contributed by atoms with Crippen LogP contribution in [-0.2, 0) is 4.79 Å². The molecule has 0 N–H and O–H groups in total. The van der Waals surface area contributed by atoms with Gasteiger partial charge in [-0.25, -0.2) is 0 Å². The van der Waals surface area contributed by atoms with Crippen molar-refractivity contribution in [2.75, 3.05) is 0 Å². The number of carbonyl (C=O) groups is 1. The van der Waals surface area contributed by atoms with Crippen molar-refractivity contribution in [3.8, 4) is 0 Å². The Hall–Kier alpha value is -0.680. The fraction of sp³-hybridized carbons (Fsp3) is 0.875. The fourth-order valence-electron chi connectivity index (χ4n) is 0.893. The monoisotopic (exact) mass is 218 g/mol. The molecule has 0 aliphatic heterocycles. The van der Waals surface area contributed by atoms with E-state index in [1.165, 1.54) is 0 Å². The van der Waals surface area contributed by atoms with Crippen LogP contribution < -0.4 is 0 Å². The van der Waals surface area contributed by atoms with Crippen molar-refractivity contribution < 1.29 is 26.7 Å². The number of unbranched alkanes of at least 4 members (excludes halogenated alkanes) is 3. The lowest BCUT2D eigenvalue weighted by atomic mass is 10.1. The van der Waals surface area contributed by atoms with Crippen LogP contribution in [-0.4, -0.2) is 18.4 Å². The Labute approximate surface area is 78.3 Å². The molecule has 0 aliphatic rings. The predicted molar refractivity (Wildman–Crippen MR) is 40.2 cm³/mol. The van der Waals surface area contributed by atoms with Crippen LogP contribution >= 0.6 is 0 Å². The number of carbonyl (C=O) groups excluding carboxylic acids is 1. The van der Waals surface area contributed by atoms with Gasteiger partial charge >= 0.3 is 12.1 Å². The molecule has 0 saturated heterocycles. The van der Waals surface area contributed by atoms with Gasteiger partial charge in [0.15, 0.2) is 0 Å². The quantitative estimate of drug-likeness (QED) is 0.379. The second-order valence-corrected chi connectivity index (χ2v) is 2.97. The molecular formula is C8H11F5O. The lowest BCUT2D eigenvalue weighted by molar-refractivity contribution is -0.284. The van der Waals surface area contributed by atoms with Crippen LogP contribution in [0.3, 0.4) is 0 Å². The molecule has 0 amide bonds. The number of halogens is 5. The van der Waals surface area contributed by atoms with E-state index in [1.807, 2.05) is 0 Å². The summed E-state index contributed by atoms with van der Waals surface area (Å²) in [6.45, 7) is 0. The van der Waals surface area contributed by atoms with Gasteiger partial charge in [0.1, 0.15) is 6.29 Å². The van der Waals surface area contributed by atoms with Gasteiger partial charge in [0, 0.05) is 12.8 Å². The van der Waals surface area contributed by atoms with E-state index in [0.29, 0.717) is 12.7 Å².